The summed E-state index contributed by atoms with van der Waals surface area (Å²) in [5.74, 6) is 0. The quantitative estimate of drug-likeness (QED) is 0.767. The van der Waals surface area contributed by atoms with Crippen molar-refractivity contribution in [1.29, 1.82) is 5.26 Å². The molecule has 1 heterocycles. The van der Waals surface area contributed by atoms with E-state index in [9.17, 15) is 22.0 Å². The van der Waals surface area contributed by atoms with E-state index in [0.717, 1.165) is 0 Å². The third-order valence-electron chi connectivity index (χ3n) is 1.91. The zero-order valence-corrected chi connectivity index (χ0v) is 8.78. The summed E-state index contributed by atoms with van der Waals surface area (Å²) in [5, 5.41) is 7.57. The van der Waals surface area contributed by atoms with Gasteiger partial charge in [-0.3, -0.25) is 4.98 Å². The van der Waals surface area contributed by atoms with Gasteiger partial charge >= 0.3 is 6.18 Å². The van der Waals surface area contributed by atoms with Crippen LogP contribution in [0.5, 0.6) is 0 Å². The minimum atomic E-state index is -4.91. The molecule has 1 aromatic heterocycles. The van der Waals surface area contributed by atoms with Gasteiger partial charge in [-0.15, -0.1) is 0 Å². The van der Waals surface area contributed by atoms with Gasteiger partial charge in [0, 0.05) is 11.8 Å². The molecule has 92 valence electrons. The smallest absolute Gasteiger partial charge is 0.253 e. The lowest BCUT2D eigenvalue weighted by Crippen LogP contribution is -2.14. The molecule has 0 aliphatic heterocycles. The molecule has 0 fully saturated rings. The van der Waals surface area contributed by atoms with Gasteiger partial charge in [0.05, 0.1) is 23.1 Å². The molecule has 0 atom stereocenters. The molecule has 0 aliphatic carbocycles. The molecule has 0 N–H and O–H groups in total. The van der Waals surface area contributed by atoms with Gasteiger partial charge in [0.15, 0.2) is 0 Å². The molecule has 0 saturated carbocycles. The Kier molecular flexibility index (Phi) is 3.88. The third kappa shape index (κ3) is 2.82. The molecular weight excluding hydrogens is 267 g/mol. The van der Waals surface area contributed by atoms with E-state index in [0.29, 0.717) is 6.20 Å². The van der Waals surface area contributed by atoms with E-state index in [1.165, 1.54) is 6.07 Å². The van der Waals surface area contributed by atoms with Crippen LogP contribution in [0.15, 0.2) is 6.20 Å². The maximum Gasteiger partial charge on any atom is 0.418 e. The van der Waals surface area contributed by atoms with Gasteiger partial charge in [0.1, 0.15) is 5.69 Å². The van der Waals surface area contributed by atoms with E-state index in [1.54, 1.807) is 0 Å². The Balaban J connectivity index is 3.56. The normalized spacial score (nSPS) is 11.6. The van der Waals surface area contributed by atoms with Crippen LogP contribution in [0.3, 0.4) is 0 Å². The fourth-order valence-corrected chi connectivity index (χ4v) is 1.56. The van der Waals surface area contributed by atoms with E-state index in [-0.39, 0.29) is 0 Å². The summed E-state index contributed by atoms with van der Waals surface area (Å²) < 4.78 is 62.8. The minimum Gasteiger partial charge on any atom is -0.253 e. The molecule has 0 spiro atoms. The molecule has 0 aliphatic rings. The van der Waals surface area contributed by atoms with Crippen LogP contribution in [-0.2, 0) is 12.6 Å². The highest BCUT2D eigenvalue weighted by Crippen LogP contribution is 2.39. The van der Waals surface area contributed by atoms with Crippen molar-refractivity contribution in [3.63, 3.8) is 0 Å². The maximum absolute atomic E-state index is 12.6. The minimum absolute atomic E-state index is 0.507. The van der Waals surface area contributed by atoms with Crippen molar-refractivity contribution in [3.05, 3.63) is 28.0 Å². The van der Waals surface area contributed by atoms with Crippen molar-refractivity contribution < 1.29 is 22.0 Å². The molecule has 8 heteroatoms. The molecule has 2 nitrogen and oxygen atoms in total. The topological polar surface area (TPSA) is 36.7 Å². The Morgan fingerprint density at radius 2 is 2.00 bits per heavy atom. The van der Waals surface area contributed by atoms with Crippen LogP contribution in [0.1, 0.15) is 23.2 Å². The van der Waals surface area contributed by atoms with E-state index in [2.05, 4.69) is 4.98 Å². The number of alkyl halides is 5. The number of rotatable bonds is 2. The van der Waals surface area contributed by atoms with E-state index in [4.69, 9.17) is 16.9 Å². The van der Waals surface area contributed by atoms with Crippen molar-refractivity contribution in [2.75, 3.05) is 0 Å². The number of hydrogen-bond donors (Lipinski definition) is 0. The summed E-state index contributed by atoms with van der Waals surface area (Å²) in [6.07, 6.45) is -8.43. The van der Waals surface area contributed by atoms with Gasteiger partial charge < -0.3 is 0 Å². The predicted molar refractivity (Wildman–Crippen MR) is 48.5 cm³/mol. The zero-order chi connectivity index (χ0) is 13.2. The van der Waals surface area contributed by atoms with Gasteiger partial charge in [0.25, 0.3) is 6.43 Å². The molecule has 1 aromatic rings. The van der Waals surface area contributed by atoms with Gasteiger partial charge in [-0.25, -0.2) is 8.78 Å². The second-order valence-corrected chi connectivity index (χ2v) is 3.39. The third-order valence-corrected chi connectivity index (χ3v) is 2.20. The van der Waals surface area contributed by atoms with Crippen molar-refractivity contribution in [2.24, 2.45) is 0 Å². The molecule has 0 radical (unpaired) electrons. The lowest BCUT2D eigenvalue weighted by Gasteiger charge is -2.15. The summed E-state index contributed by atoms with van der Waals surface area (Å²) in [6.45, 7) is 0. The van der Waals surface area contributed by atoms with Crippen LogP contribution >= 0.6 is 11.6 Å². The van der Waals surface area contributed by atoms with Crippen molar-refractivity contribution >= 4 is 11.6 Å². The zero-order valence-electron chi connectivity index (χ0n) is 8.02. The first-order chi connectivity index (χ1) is 7.79. The molecule has 0 saturated heterocycles. The molecule has 0 unspecified atom stereocenters. The van der Waals surface area contributed by atoms with Crippen LogP contribution in [0.4, 0.5) is 22.0 Å². The first kappa shape index (κ1) is 13.6. The maximum atomic E-state index is 12.6. The van der Waals surface area contributed by atoms with Gasteiger partial charge in [-0.05, 0) is 0 Å². The van der Waals surface area contributed by atoms with Crippen LogP contribution in [0.2, 0.25) is 5.02 Å². The monoisotopic (exact) mass is 270 g/mol. The van der Waals surface area contributed by atoms with Crippen LogP contribution < -0.4 is 0 Å². The second kappa shape index (κ2) is 4.84. The van der Waals surface area contributed by atoms with Crippen molar-refractivity contribution in [3.8, 4) is 6.07 Å². The first-order valence-electron chi connectivity index (χ1n) is 4.18. The molecular formula is C9H4ClF5N2. The summed E-state index contributed by atoms with van der Waals surface area (Å²) in [4.78, 5) is 3.14. The summed E-state index contributed by atoms with van der Waals surface area (Å²) in [6, 6.07) is 1.39. The van der Waals surface area contributed by atoms with Crippen LogP contribution in [-0.4, -0.2) is 4.98 Å². The van der Waals surface area contributed by atoms with Crippen LogP contribution in [0.25, 0.3) is 0 Å². The van der Waals surface area contributed by atoms with Crippen LogP contribution in [0, 0.1) is 11.3 Å². The summed E-state index contributed by atoms with van der Waals surface area (Å²) in [7, 11) is 0. The second-order valence-electron chi connectivity index (χ2n) is 2.98. The number of pyridine rings is 1. The standard InChI is InChI=1S/C9H4ClF5N2/c10-5-3-17-7(8(11)12)4(1-2-16)6(5)9(13,14)15/h3,8H,1H2. The van der Waals surface area contributed by atoms with E-state index in [1.807, 2.05) is 0 Å². The fourth-order valence-electron chi connectivity index (χ4n) is 1.29. The Morgan fingerprint density at radius 3 is 2.41 bits per heavy atom. The summed E-state index contributed by atoms with van der Waals surface area (Å²) >= 11 is 5.29. The lowest BCUT2D eigenvalue weighted by atomic mass is 10.0. The van der Waals surface area contributed by atoms with Crippen molar-refractivity contribution in [2.45, 2.75) is 19.0 Å². The van der Waals surface area contributed by atoms with Gasteiger partial charge in [-0.1, -0.05) is 11.6 Å². The van der Waals surface area contributed by atoms with Gasteiger partial charge in [0.2, 0.25) is 0 Å². The Labute approximate surface area is 97.6 Å². The van der Waals surface area contributed by atoms with Gasteiger partial charge in [-0.2, -0.15) is 18.4 Å². The van der Waals surface area contributed by atoms with E-state index >= 15 is 0 Å². The number of aromatic nitrogens is 1. The largest absolute Gasteiger partial charge is 0.418 e. The average molecular weight is 271 g/mol. The highest BCUT2D eigenvalue weighted by Gasteiger charge is 2.38. The number of hydrogen-bond acceptors (Lipinski definition) is 2. The lowest BCUT2D eigenvalue weighted by molar-refractivity contribution is -0.138. The number of halogens is 6. The van der Waals surface area contributed by atoms with Crippen molar-refractivity contribution in [1.82, 2.24) is 4.98 Å². The first-order valence-corrected chi connectivity index (χ1v) is 4.56. The number of nitriles is 1. The molecule has 0 amide bonds. The molecule has 0 bridgehead atoms. The Morgan fingerprint density at radius 1 is 1.41 bits per heavy atom. The average Bonchev–Trinajstić information content (AvgIpc) is 2.15. The predicted octanol–water partition coefficient (Wildman–Crippen LogP) is 3.76. The molecule has 17 heavy (non-hydrogen) atoms. The van der Waals surface area contributed by atoms with E-state index < -0.39 is 40.9 Å². The summed E-state index contributed by atoms with van der Waals surface area (Å²) in [5.41, 5.74) is -3.36. The highest BCUT2D eigenvalue weighted by atomic mass is 35.5. The fraction of sp³-hybridized carbons (Fsp3) is 0.333. The highest BCUT2D eigenvalue weighted by molar-refractivity contribution is 6.31. The molecule has 1 rings (SSSR count). The SMILES string of the molecule is N#CCc1c(C(F)F)ncc(Cl)c1C(F)(F)F. The Bertz CT molecular complexity index is 464. The Hall–Kier alpha value is -1.42. The number of nitrogens with zero attached hydrogens (tertiary/aromatic N) is 2. The molecule has 0 aromatic carbocycles.